The van der Waals surface area contributed by atoms with Gasteiger partial charge in [-0.1, -0.05) is 12.1 Å². The molecule has 0 fully saturated rings. The van der Waals surface area contributed by atoms with Crippen molar-refractivity contribution >= 4 is 16.9 Å². The van der Waals surface area contributed by atoms with Crippen LogP contribution in [0.3, 0.4) is 0 Å². The minimum Gasteiger partial charge on any atom is -0.462 e. The highest BCUT2D eigenvalue weighted by molar-refractivity contribution is 5.96. The summed E-state index contributed by atoms with van der Waals surface area (Å²) in [6.07, 6.45) is 0.931. The van der Waals surface area contributed by atoms with Gasteiger partial charge in [0, 0.05) is 42.7 Å². The van der Waals surface area contributed by atoms with E-state index in [0.29, 0.717) is 18.7 Å². The summed E-state index contributed by atoms with van der Waals surface area (Å²) in [5, 5.41) is 4.50. The van der Waals surface area contributed by atoms with Gasteiger partial charge in [-0.2, -0.15) is 0 Å². The van der Waals surface area contributed by atoms with Gasteiger partial charge in [0.25, 0.3) is 0 Å². The number of fused-ring (bicyclic) bond motifs is 3. The Morgan fingerprint density at radius 3 is 2.81 bits per heavy atom. The predicted molar refractivity (Wildman–Crippen MR) is 98.8 cm³/mol. The lowest BCUT2D eigenvalue weighted by Crippen LogP contribution is -2.24. The Kier molecular flexibility index (Phi) is 4.47. The number of aromatic nitrogens is 1. The molecule has 4 nitrogen and oxygen atoms in total. The van der Waals surface area contributed by atoms with Crippen molar-refractivity contribution in [1.82, 2.24) is 9.88 Å². The number of carbonyl (C=O) groups excluding carboxylic acids is 1. The lowest BCUT2D eigenvalue weighted by atomic mass is 10.0. The molecule has 0 spiro atoms. The van der Waals surface area contributed by atoms with Gasteiger partial charge in [0.15, 0.2) is 0 Å². The van der Waals surface area contributed by atoms with Crippen LogP contribution in [0, 0.1) is 5.82 Å². The maximum Gasteiger partial charge on any atom is 0.338 e. The first-order valence-electron chi connectivity index (χ1n) is 8.93. The van der Waals surface area contributed by atoms with Gasteiger partial charge in [-0.05, 0) is 48.4 Å². The summed E-state index contributed by atoms with van der Waals surface area (Å²) in [5.74, 6) is -0.519. The van der Waals surface area contributed by atoms with Gasteiger partial charge in [0.05, 0.1) is 12.2 Å². The summed E-state index contributed by atoms with van der Waals surface area (Å²) in [6.45, 7) is 4.57. The summed E-state index contributed by atoms with van der Waals surface area (Å²) in [4.78, 5) is 12.1. The largest absolute Gasteiger partial charge is 0.462 e. The van der Waals surface area contributed by atoms with Crippen molar-refractivity contribution in [1.29, 1.82) is 0 Å². The number of carbonyl (C=O) groups is 1. The van der Waals surface area contributed by atoms with E-state index in [1.54, 1.807) is 6.92 Å². The third-order valence-electron chi connectivity index (χ3n) is 4.89. The van der Waals surface area contributed by atoms with Crippen LogP contribution in [0.15, 0.2) is 42.5 Å². The molecular weight excluding hydrogens is 331 g/mol. The van der Waals surface area contributed by atoms with E-state index in [1.807, 2.05) is 30.3 Å². The van der Waals surface area contributed by atoms with Crippen LogP contribution in [0.5, 0.6) is 0 Å². The second-order valence-corrected chi connectivity index (χ2v) is 6.52. The average molecular weight is 352 g/mol. The van der Waals surface area contributed by atoms with Crippen LogP contribution in [0.25, 0.3) is 10.9 Å². The van der Waals surface area contributed by atoms with Gasteiger partial charge in [0.2, 0.25) is 0 Å². The zero-order valence-electron chi connectivity index (χ0n) is 14.7. The maximum atomic E-state index is 13.2. The van der Waals surface area contributed by atoms with E-state index in [-0.39, 0.29) is 11.8 Å². The topological polar surface area (TPSA) is 43.3 Å². The quantitative estimate of drug-likeness (QED) is 0.729. The molecular formula is C21H21FN2O2. The van der Waals surface area contributed by atoms with Gasteiger partial charge in [-0.3, -0.25) is 0 Å². The van der Waals surface area contributed by atoms with Crippen molar-refractivity contribution in [3.05, 3.63) is 70.7 Å². The van der Waals surface area contributed by atoms with E-state index >= 15 is 0 Å². The number of hydrogen-bond acceptors (Lipinski definition) is 3. The van der Waals surface area contributed by atoms with Crippen molar-refractivity contribution in [3.63, 3.8) is 0 Å². The smallest absolute Gasteiger partial charge is 0.338 e. The Bertz CT molecular complexity index is 960. The number of benzene rings is 2. The van der Waals surface area contributed by atoms with Gasteiger partial charge in [0.1, 0.15) is 5.82 Å². The second-order valence-electron chi connectivity index (χ2n) is 6.52. The Morgan fingerprint density at radius 2 is 2.04 bits per heavy atom. The molecule has 5 heteroatoms. The van der Waals surface area contributed by atoms with Crippen molar-refractivity contribution in [2.24, 2.45) is 0 Å². The van der Waals surface area contributed by atoms with E-state index in [9.17, 15) is 9.18 Å². The number of nitrogens with zero attached hydrogens (tertiary/aromatic N) is 1. The fourth-order valence-corrected chi connectivity index (χ4v) is 3.67. The van der Waals surface area contributed by atoms with Crippen LogP contribution in [-0.2, 0) is 24.2 Å². The highest BCUT2D eigenvalue weighted by Gasteiger charge is 2.21. The molecule has 1 aliphatic rings. The van der Waals surface area contributed by atoms with Gasteiger partial charge >= 0.3 is 5.97 Å². The zero-order valence-corrected chi connectivity index (χ0v) is 14.7. The number of hydrogen-bond donors (Lipinski definition) is 1. The summed E-state index contributed by atoms with van der Waals surface area (Å²) in [6, 6.07) is 12.4. The van der Waals surface area contributed by atoms with Crippen LogP contribution in [-0.4, -0.2) is 23.7 Å². The fourth-order valence-electron chi connectivity index (χ4n) is 3.67. The van der Waals surface area contributed by atoms with Crippen LogP contribution < -0.4 is 5.32 Å². The molecule has 134 valence electrons. The fraction of sp³-hybridized carbons (Fsp3) is 0.286. The predicted octanol–water partition coefficient (Wildman–Crippen LogP) is 3.65. The van der Waals surface area contributed by atoms with E-state index < -0.39 is 0 Å². The number of nitrogens with one attached hydrogen (secondary N) is 1. The molecule has 2 aromatic carbocycles. The van der Waals surface area contributed by atoms with Crippen LogP contribution >= 0.6 is 0 Å². The first-order valence-corrected chi connectivity index (χ1v) is 8.93. The number of halogens is 1. The standard InChI is InChI=1S/C21H21FN2O2/c1-2-26-21(25)15-5-8-19-17(11-15)18-12-23-10-9-20(18)24(19)13-14-3-6-16(22)7-4-14/h3-8,11,23H,2,9-10,12-13H2,1H3. The summed E-state index contributed by atoms with van der Waals surface area (Å²) >= 11 is 0. The maximum absolute atomic E-state index is 13.2. The molecule has 1 aliphatic heterocycles. The van der Waals surface area contributed by atoms with Crippen LogP contribution in [0.2, 0.25) is 0 Å². The Balaban J connectivity index is 1.81. The molecule has 1 N–H and O–H groups in total. The van der Waals surface area contributed by atoms with Gasteiger partial charge in [-0.25, -0.2) is 9.18 Å². The van der Waals surface area contributed by atoms with Crippen LogP contribution in [0.1, 0.15) is 34.1 Å². The monoisotopic (exact) mass is 352 g/mol. The third kappa shape index (κ3) is 2.99. The number of esters is 1. The molecule has 0 amide bonds. The summed E-state index contributed by atoms with van der Waals surface area (Å²) in [5.41, 5.74) is 5.24. The molecule has 2 heterocycles. The molecule has 0 saturated carbocycles. The van der Waals surface area contributed by atoms with Crippen molar-refractivity contribution in [2.45, 2.75) is 26.4 Å². The highest BCUT2D eigenvalue weighted by atomic mass is 19.1. The molecule has 0 radical (unpaired) electrons. The Hall–Kier alpha value is -2.66. The Morgan fingerprint density at radius 1 is 1.23 bits per heavy atom. The second kappa shape index (κ2) is 6.92. The molecule has 0 bridgehead atoms. The van der Waals surface area contributed by atoms with Crippen molar-refractivity contribution in [3.8, 4) is 0 Å². The SMILES string of the molecule is CCOC(=O)c1ccc2c(c1)c1c(n2Cc2ccc(F)cc2)CCNC1. The van der Waals surface area contributed by atoms with Crippen LogP contribution in [0.4, 0.5) is 4.39 Å². The average Bonchev–Trinajstić information content (AvgIpc) is 2.97. The van der Waals surface area contributed by atoms with E-state index in [0.717, 1.165) is 36.0 Å². The molecule has 0 unspecified atom stereocenters. The molecule has 0 atom stereocenters. The van der Waals surface area contributed by atoms with Crippen molar-refractivity contribution < 1.29 is 13.9 Å². The van der Waals surface area contributed by atoms with Gasteiger partial charge in [-0.15, -0.1) is 0 Å². The molecule has 26 heavy (non-hydrogen) atoms. The van der Waals surface area contributed by atoms with E-state index in [2.05, 4.69) is 9.88 Å². The molecule has 0 aliphatic carbocycles. The highest BCUT2D eigenvalue weighted by Crippen LogP contribution is 2.30. The first-order chi connectivity index (χ1) is 12.7. The summed E-state index contributed by atoms with van der Waals surface area (Å²) in [7, 11) is 0. The normalized spacial score (nSPS) is 13.6. The molecule has 4 rings (SSSR count). The minimum absolute atomic E-state index is 0.226. The third-order valence-corrected chi connectivity index (χ3v) is 4.89. The number of ether oxygens (including phenoxy) is 1. The Labute approximate surface area is 151 Å². The molecule has 1 aromatic heterocycles. The number of rotatable bonds is 4. The van der Waals surface area contributed by atoms with Gasteiger partial charge < -0.3 is 14.6 Å². The lowest BCUT2D eigenvalue weighted by Gasteiger charge is -2.17. The minimum atomic E-state index is -0.293. The summed E-state index contributed by atoms with van der Waals surface area (Å²) < 4.78 is 20.6. The lowest BCUT2D eigenvalue weighted by molar-refractivity contribution is 0.0526. The van der Waals surface area contributed by atoms with Crippen molar-refractivity contribution in [2.75, 3.05) is 13.2 Å². The molecule has 3 aromatic rings. The van der Waals surface area contributed by atoms with E-state index in [4.69, 9.17) is 4.74 Å². The zero-order chi connectivity index (χ0) is 18.1. The first kappa shape index (κ1) is 16.8. The van der Waals surface area contributed by atoms with E-state index in [1.165, 1.54) is 23.4 Å². The molecule has 0 saturated heterocycles.